The molecule has 0 aliphatic carbocycles. The number of aromatic nitrogens is 2. The summed E-state index contributed by atoms with van der Waals surface area (Å²) in [5.41, 5.74) is 6.78. The van der Waals surface area contributed by atoms with E-state index in [0.717, 1.165) is 13.1 Å². The van der Waals surface area contributed by atoms with Crippen molar-refractivity contribution in [2.75, 3.05) is 37.7 Å². The Morgan fingerprint density at radius 1 is 1.52 bits per heavy atom. The van der Waals surface area contributed by atoms with Crippen molar-refractivity contribution in [1.29, 1.82) is 0 Å². The van der Waals surface area contributed by atoms with Crippen LogP contribution in [-0.4, -0.2) is 41.5 Å². The highest BCUT2D eigenvalue weighted by atomic mass is 16.1. The molecule has 3 rings (SSSR count). The fourth-order valence-electron chi connectivity index (χ4n) is 2.92. The molecule has 1 atom stereocenters. The fourth-order valence-corrected chi connectivity index (χ4v) is 2.92. The highest BCUT2D eigenvalue weighted by molar-refractivity contribution is 5.81. The summed E-state index contributed by atoms with van der Waals surface area (Å²) < 4.78 is 0. The van der Waals surface area contributed by atoms with E-state index >= 15 is 0 Å². The highest BCUT2D eigenvalue weighted by Crippen LogP contribution is 2.16. The Bertz CT molecular complexity index is 696. The monoisotopic (exact) mass is 287 g/mol. The van der Waals surface area contributed by atoms with Crippen LogP contribution >= 0.6 is 0 Å². The lowest BCUT2D eigenvalue weighted by Gasteiger charge is -2.29. The molecular formula is C15H21N5O. The van der Waals surface area contributed by atoms with Gasteiger partial charge in [0.25, 0.3) is 5.56 Å². The van der Waals surface area contributed by atoms with Crippen molar-refractivity contribution in [1.82, 2.24) is 14.9 Å². The van der Waals surface area contributed by atoms with Crippen molar-refractivity contribution in [3.63, 3.8) is 0 Å². The first-order valence-electron chi connectivity index (χ1n) is 7.34. The zero-order valence-corrected chi connectivity index (χ0v) is 12.2. The van der Waals surface area contributed by atoms with Crippen molar-refractivity contribution in [2.45, 2.75) is 12.8 Å². The molecule has 1 aliphatic rings. The topological polar surface area (TPSA) is 87.0 Å². The minimum absolute atomic E-state index is 0.157. The van der Waals surface area contributed by atoms with E-state index in [2.05, 4.69) is 27.2 Å². The van der Waals surface area contributed by atoms with Crippen LogP contribution < -0.4 is 16.6 Å². The smallest absolute Gasteiger partial charge is 0.260 e. The number of fused-ring (bicyclic) bond motifs is 1. The predicted molar refractivity (Wildman–Crippen MR) is 85.5 cm³/mol. The van der Waals surface area contributed by atoms with Gasteiger partial charge >= 0.3 is 0 Å². The number of hydrogen-bond acceptors (Lipinski definition) is 5. The van der Waals surface area contributed by atoms with E-state index in [4.69, 9.17) is 5.73 Å². The van der Waals surface area contributed by atoms with Crippen LogP contribution in [0.2, 0.25) is 0 Å². The molecule has 1 unspecified atom stereocenters. The Hall–Kier alpha value is -2.08. The van der Waals surface area contributed by atoms with Gasteiger partial charge in [-0.25, -0.2) is 4.98 Å². The zero-order chi connectivity index (χ0) is 14.8. The lowest BCUT2D eigenvalue weighted by molar-refractivity contribution is 0.217. The molecule has 6 heteroatoms. The summed E-state index contributed by atoms with van der Waals surface area (Å²) in [4.78, 5) is 21.6. The summed E-state index contributed by atoms with van der Waals surface area (Å²) in [6.45, 7) is 3.08. The lowest BCUT2D eigenvalue weighted by Crippen LogP contribution is -2.35. The van der Waals surface area contributed by atoms with E-state index in [-0.39, 0.29) is 5.56 Å². The molecule has 0 saturated carbocycles. The molecule has 0 bridgehead atoms. The summed E-state index contributed by atoms with van der Waals surface area (Å²) in [7, 11) is 2.15. The first-order valence-corrected chi connectivity index (χ1v) is 7.34. The molecule has 2 heterocycles. The summed E-state index contributed by atoms with van der Waals surface area (Å²) >= 11 is 0. The number of aromatic amines is 1. The number of piperidine rings is 1. The Kier molecular flexibility index (Phi) is 3.79. The second kappa shape index (κ2) is 5.73. The third-order valence-corrected chi connectivity index (χ3v) is 4.01. The standard InChI is InChI=1S/C15H21N5O/c1-20-6-2-3-10(9-20)8-17-15-18-13-5-4-11(16)7-12(13)14(21)19-15/h4-5,7,10H,2-3,6,8-9,16H2,1H3,(H2,17,18,19,21). The van der Waals surface area contributed by atoms with Gasteiger partial charge in [-0.05, 0) is 50.6 Å². The summed E-state index contributed by atoms with van der Waals surface area (Å²) in [6, 6.07) is 5.19. The highest BCUT2D eigenvalue weighted by Gasteiger charge is 2.17. The van der Waals surface area contributed by atoms with Crippen molar-refractivity contribution >= 4 is 22.5 Å². The minimum Gasteiger partial charge on any atom is -0.399 e. The number of nitrogen functional groups attached to an aromatic ring is 1. The van der Waals surface area contributed by atoms with Crippen LogP contribution in [0.1, 0.15) is 12.8 Å². The molecule has 6 nitrogen and oxygen atoms in total. The number of H-pyrrole nitrogens is 1. The number of nitrogens with zero attached hydrogens (tertiary/aromatic N) is 2. The van der Waals surface area contributed by atoms with Crippen LogP contribution in [0.3, 0.4) is 0 Å². The number of anilines is 2. The third-order valence-electron chi connectivity index (χ3n) is 4.01. The van der Waals surface area contributed by atoms with Crippen molar-refractivity contribution < 1.29 is 0 Å². The van der Waals surface area contributed by atoms with Crippen molar-refractivity contribution in [2.24, 2.45) is 5.92 Å². The van der Waals surface area contributed by atoms with Gasteiger partial charge in [0, 0.05) is 18.8 Å². The number of benzene rings is 1. The number of nitrogens with one attached hydrogen (secondary N) is 2. The van der Waals surface area contributed by atoms with E-state index in [9.17, 15) is 4.79 Å². The normalized spacial score (nSPS) is 19.8. The van der Waals surface area contributed by atoms with E-state index in [1.807, 2.05) is 0 Å². The second-order valence-electron chi connectivity index (χ2n) is 5.84. The quantitative estimate of drug-likeness (QED) is 0.740. The third kappa shape index (κ3) is 3.16. The van der Waals surface area contributed by atoms with Gasteiger partial charge in [-0.3, -0.25) is 9.78 Å². The van der Waals surface area contributed by atoms with Crippen molar-refractivity contribution in [3.05, 3.63) is 28.6 Å². The minimum atomic E-state index is -0.157. The number of rotatable bonds is 3. The number of nitrogens with two attached hydrogens (primary N) is 1. The molecule has 0 radical (unpaired) electrons. The van der Waals surface area contributed by atoms with Crippen LogP contribution in [0.5, 0.6) is 0 Å². The molecule has 0 spiro atoms. The Morgan fingerprint density at radius 3 is 3.19 bits per heavy atom. The maximum absolute atomic E-state index is 12.1. The van der Waals surface area contributed by atoms with Gasteiger partial charge < -0.3 is 16.0 Å². The molecule has 112 valence electrons. The van der Waals surface area contributed by atoms with Gasteiger partial charge in [0.15, 0.2) is 0 Å². The molecule has 0 amide bonds. The van der Waals surface area contributed by atoms with Gasteiger partial charge in [-0.2, -0.15) is 0 Å². The largest absolute Gasteiger partial charge is 0.399 e. The SMILES string of the molecule is CN1CCCC(CNc2nc3ccc(N)cc3c(=O)[nH]2)C1. The lowest BCUT2D eigenvalue weighted by atomic mass is 9.99. The molecule has 1 fully saturated rings. The van der Waals surface area contributed by atoms with Crippen LogP contribution in [0.25, 0.3) is 10.9 Å². The van der Waals surface area contributed by atoms with Gasteiger partial charge in [0.1, 0.15) is 0 Å². The van der Waals surface area contributed by atoms with E-state index in [0.29, 0.717) is 28.5 Å². The van der Waals surface area contributed by atoms with Gasteiger partial charge in [-0.15, -0.1) is 0 Å². The molecule has 1 aromatic heterocycles. The average molecular weight is 287 g/mol. The van der Waals surface area contributed by atoms with Gasteiger partial charge in [0.2, 0.25) is 5.95 Å². The predicted octanol–water partition coefficient (Wildman–Crippen LogP) is 1.26. The Labute approximate surface area is 123 Å². The van der Waals surface area contributed by atoms with Crippen LogP contribution in [0.4, 0.5) is 11.6 Å². The first-order chi connectivity index (χ1) is 10.1. The average Bonchev–Trinajstić information content (AvgIpc) is 2.46. The molecule has 1 saturated heterocycles. The molecule has 1 aliphatic heterocycles. The first kappa shape index (κ1) is 13.9. The van der Waals surface area contributed by atoms with Crippen molar-refractivity contribution in [3.8, 4) is 0 Å². The summed E-state index contributed by atoms with van der Waals surface area (Å²) in [5.74, 6) is 1.13. The molecule has 1 aromatic carbocycles. The van der Waals surface area contributed by atoms with Crippen LogP contribution in [0.15, 0.2) is 23.0 Å². The fraction of sp³-hybridized carbons (Fsp3) is 0.467. The Morgan fingerprint density at radius 2 is 2.38 bits per heavy atom. The molecule has 2 aromatic rings. The molecular weight excluding hydrogens is 266 g/mol. The van der Waals surface area contributed by atoms with Crippen LogP contribution in [-0.2, 0) is 0 Å². The maximum atomic E-state index is 12.1. The van der Waals surface area contributed by atoms with Gasteiger partial charge in [-0.1, -0.05) is 0 Å². The van der Waals surface area contributed by atoms with Crippen LogP contribution in [0, 0.1) is 5.92 Å². The molecule has 21 heavy (non-hydrogen) atoms. The number of likely N-dealkylation sites (tertiary alicyclic amines) is 1. The van der Waals surface area contributed by atoms with E-state index in [1.165, 1.54) is 19.4 Å². The van der Waals surface area contributed by atoms with Gasteiger partial charge in [0.05, 0.1) is 10.9 Å². The van der Waals surface area contributed by atoms with E-state index in [1.54, 1.807) is 18.2 Å². The summed E-state index contributed by atoms with van der Waals surface area (Å²) in [6.07, 6.45) is 2.44. The molecule has 4 N–H and O–H groups in total. The summed E-state index contributed by atoms with van der Waals surface area (Å²) in [5, 5.41) is 3.78. The van der Waals surface area contributed by atoms with E-state index < -0.39 is 0 Å². The zero-order valence-electron chi connectivity index (χ0n) is 12.2. The Balaban J connectivity index is 1.75. The maximum Gasteiger partial charge on any atom is 0.260 e. The second-order valence-corrected chi connectivity index (χ2v) is 5.84. The number of hydrogen-bond donors (Lipinski definition) is 3.